The molecule has 4 nitrogen and oxygen atoms in total. The molecule has 3 aromatic rings. The quantitative estimate of drug-likeness (QED) is 0.660. The number of anilines is 1. The summed E-state index contributed by atoms with van der Waals surface area (Å²) in [5, 5.41) is 1.90. The molecule has 1 atom stereocenters. The van der Waals surface area contributed by atoms with Crippen LogP contribution in [0.1, 0.15) is 37.4 Å². The zero-order valence-electron chi connectivity index (χ0n) is 14.8. The Balaban J connectivity index is 1.44. The number of aromatic nitrogens is 3. The van der Waals surface area contributed by atoms with Crippen molar-refractivity contribution < 1.29 is 0 Å². The third-order valence-corrected chi connectivity index (χ3v) is 5.94. The van der Waals surface area contributed by atoms with Crippen molar-refractivity contribution in [1.82, 2.24) is 14.5 Å². The van der Waals surface area contributed by atoms with Gasteiger partial charge < -0.3 is 9.47 Å². The minimum absolute atomic E-state index is 0.486. The molecule has 5 rings (SSSR count). The van der Waals surface area contributed by atoms with E-state index in [9.17, 15) is 0 Å². The zero-order valence-corrected chi connectivity index (χ0v) is 15.6. The second-order valence-corrected chi connectivity index (χ2v) is 8.09. The number of halogens is 1. The Morgan fingerprint density at radius 2 is 2.00 bits per heavy atom. The van der Waals surface area contributed by atoms with E-state index in [1.165, 1.54) is 37.2 Å². The van der Waals surface area contributed by atoms with E-state index in [1.807, 2.05) is 30.6 Å². The maximum absolute atomic E-state index is 6.25. The van der Waals surface area contributed by atoms with Crippen molar-refractivity contribution in [1.29, 1.82) is 0 Å². The number of nitrogens with zero attached hydrogens (tertiary/aromatic N) is 4. The minimum atomic E-state index is 0.486. The highest BCUT2D eigenvalue weighted by molar-refractivity contribution is 6.31. The van der Waals surface area contributed by atoms with Gasteiger partial charge >= 0.3 is 0 Å². The molecule has 5 heteroatoms. The number of hydrogen-bond donors (Lipinski definition) is 0. The van der Waals surface area contributed by atoms with Crippen molar-refractivity contribution in [3.8, 4) is 0 Å². The number of hydrogen-bond acceptors (Lipinski definition) is 3. The van der Waals surface area contributed by atoms with Gasteiger partial charge in [-0.1, -0.05) is 11.6 Å². The molecular weight excluding hydrogens is 344 g/mol. The summed E-state index contributed by atoms with van der Waals surface area (Å²) in [5.74, 6) is 2.62. The molecule has 0 unspecified atom stereocenters. The van der Waals surface area contributed by atoms with Gasteiger partial charge in [-0.15, -0.1) is 0 Å². The Hall–Kier alpha value is -2.07. The van der Waals surface area contributed by atoms with Crippen molar-refractivity contribution >= 4 is 28.2 Å². The first-order chi connectivity index (χ1) is 12.8. The number of pyridine rings is 1. The fourth-order valence-electron chi connectivity index (χ4n) is 4.20. The predicted octanol–water partition coefficient (Wildman–Crippen LogP) is 4.88. The average Bonchev–Trinajstić information content (AvgIpc) is 3.36. The number of imidazole rings is 1. The van der Waals surface area contributed by atoms with Crippen molar-refractivity contribution in [3.05, 3.63) is 53.7 Å². The van der Waals surface area contributed by atoms with E-state index in [0.29, 0.717) is 5.92 Å². The van der Waals surface area contributed by atoms with E-state index in [1.54, 1.807) is 0 Å². The van der Waals surface area contributed by atoms with Crippen LogP contribution in [0.5, 0.6) is 0 Å². The molecule has 0 N–H and O–H groups in total. The number of piperidine rings is 1. The molecule has 0 bridgehead atoms. The molecule has 2 fully saturated rings. The second kappa shape index (κ2) is 6.58. The van der Waals surface area contributed by atoms with Gasteiger partial charge in [0.25, 0.3) is 0 Å². The van der Waals surface area contributed by atoms with Gasteiger partial charge in [0, 0.05) is 60.2 Å². The zero-order chi connectivity index (χ0) is 17.5. The first-order valence-corrected chi connectivity index (χ1v) is 9.96. The number of fused-ring (bicyclic) bond motifs is 1. The first-order valence-electron chi connectivity index (χ1n) is 9.58. The van der Waals surface area contributed by atoms with Gasteiger partial charge in [-0.05, 0) is 55.9 Å². The average molecular weight is 367 g/mol. The maximum Gasteiger partial charge on any atom is 0.113 e. The van der Waals surface area contributed by atoms with Gasteiger partial charge in [0.1, 0.15) is 5.82 Å². The van der Waals surface area contributed by atoms with E-state index in [2.05, 4.69) is 26.7 Å². The minimum Gasteiger partial charge on any atom is -0.370 e. The van der Waals surface area contributed by atoms with Crippen LogP contribution in [-0.4, -0.2) is 27.6 Å². The lowest BCUT2D eigenvalue weighted by Gasteiger charge is -2.35. The van der Waals surface area contributed by atoms with Crippen LogP contribution < -0.4 is 4.90 Å². The molecule has 3 heterocycles. The van der Waals surface area contributed by atoms with Crippen molar-refractivity contribution in [2.75, 3.05) is 18.0 Å². The summed E-state index contributed by atoms with van der Waals surface area (Å²) >= 11 is 6.25. The monoisotopic (exact) mass is 366 g/mol. The highest BCUT2D eigenvalue weighted by Gasteiger charge is 2.28. The molecule has 26 heavy (non-hydrogen) atoms. The first kappa shape index (κ1) is 16.1. The smallest absolute Gasteiger partial charge is 0.113 e. The SMILES string of the molecule is Clc1ccc2nccc(N3CCC[C@@H](c4nccn4CC4CC4)C3)c2c1. The van der Waals surface area contributed by atoms with Crippen LogP contribution in [0.25, 0.3) is 10.9 Å². The molecule has 0 amide bonds. The highest BCUT2D eigenvalue weighted by atomic mass is 35.5. The lowest BCUT2D eigenvalue weighted by molar-refractivity contribution is 0.464. The summed E-state index contributed by atoms with van der Waals surface area (Å²) < 4.78 is 2.40. The largest absolute Gasteiger partial charge is 0.370 e. The topological polar surface area (TPSA) is 34.0 Å². The van der Waals surface area contributed by atoms with Gasteiger partial charge in [-0.3, -0.25) is 4.98 Å². The molecule has 1 aliphatic carbocycles. The van der Waals surface area contributed by atoms with Gasteiger partial charge in [0.15, 0.2) is 0 Å². The van der Waals surface area contributed by atoms with Crippen molar-refractivity contribution in [2.24, 2.45) is 5.92 Å². The Kier molecular flexibility index (Phi) is 4.08. The Morgan fingerprint density at radius 1 is 1.08 bits per heavy atom. The number of rotatable bonds is 4. The molecule has 134 valence electrons. The van der Waals surface area contributed by atoms with Gasteiger partial charge in [0.05, 0.1) is 5.52 Å². The van der Waals surface area contributed by atoms with Crippen molar-refractivity contribution in [3.63, 3.8) is 0 Å². The normalized spacial score (nSPS) is 20.7. The summed E-state index contributed by atoms with van der Waals surface area (Å²) in [6, 6.07) is 8.08. The Labute approximate surface area is 158 Å². The highest BCUT2D eigenvalue weighted by Crippen LogP contribution is 2.35. The summed E-state index contributed by atoms with van der Waals surface area (Å²) in [6.07, 6.45) is 11.2. The van der Waals surface area contributed by atoms with Gasteiger partial charge in [-0.25, -0.2) is 4.98 Å². The lowest BCUT2D eigenvalue weighted by atomic mass is 9.96. The van der Waals surface area contributed by atoms with E-state index >= 15 is 0 Å². The maximum atomic E-state index is 6.25. The van der Waals surface area contributed by atoms with Crippen LogP contribution in [0.3, 0.4) is 0 Å². The molecule has 1 saturated heterocycles. The van der Waals surface area contributed by atoms with Gasteiger partial charge in [0.2, 0.25) is 0 Å². The van der Waals surface area contributed by atoms with Crippen LogP contribution in [0, 0.1) is 5.92 Å². The van der Waals surface area contributed by atoms with Crippen molar-refractivity contribution in [2.45, 2.75) is 38.1 Å². The summed E-state index contributed by atoms with van der Waals surface area (Å²) in [7, 11) is 0. The summed E-state index contributed by atoms with van der Waals surface area (Å²) in [4.78, 5) is 11.7. The lowest BCUT2D eigenvalue weighted by Crippen LogP contribution is -2.35. The van der Waals surface area contributed by atoms with Crippen LogP contribution in [0.4, 0.5) is 5.69 Å². The molecule has 1 aromatic carbocycles. The third kappa shape index (κ3) is 3.07. The number of benzene rings is 1. The van der Waals surface area contributed by atoms with E-state index in [4.69, 9.17) is 16.6 Å². The predicted molar refractivity (Wildman–Crippen MR) is 106 cm³/mol. The molecular formula is C21H23ClN4. The Morgan fingerprint density at radius 3 is 2.88 bits per heavy atom. The molecule has 1 saturated carbocycles. The van der Waals surface area contributed by atoms with Gasteiger partial charge in [-0.2, -0.15) is 0 Å². The van der Waals surface area contributed by atoms with Crippen LogP contribution in [0.2, 0.25) is 5.02 Å². The van der Waals surface area contributed by atoms with Crippen LogP contribution in [-0.2, 0) is 6.54 Å². The molecule has 1 aliphatic heterocycles. The fraction of sp³-hybridized carbons (Fsp3) is 0.429. The summed E-state index contributed by atoms with van der Waals surface area (Å²) in [6.45, 7) is 3.22. The van der Waals surface area contributed by atoms with E-state index < -0.39 is 0 Å². The third-order valence-electron chi connectivity index (χ3n) is 5.71. The van der Waals surface area contributed by atoms with Crippen LogP contribution in [0.15, 0.2) is 42.9 Å². The standard InChI is InChI=1S/C21H23ClN4/c22-17-5-6-19-18(12-17)20(7-8-23-19)25-10-1-2-16(14-25)21-24-9-11-26(21)13-15-3-4-15/h5-9,11-12,15-16H,1-4,10,13-14H2/t16-/m1/s1. The Bertz CT molecular complexity index is 931. The molecule has 2 aromatic heterocycles. The molecule has 0 radical (unpaired) electrons. The van der Waals surface area contributed by atoms with E-state index in [-0.39, 0.29) is 0 Å². The van der Waals surface area contributed by atoms with Crippen LogP contribution >= 0.6 is 11.6 Å². The summed E-state index contributed by atoms with van der Waals surface area (Å²) in [5.41, 5.74) is 2.24. The molecule has 0 spiro atoms. The fourth-order valence-corrected chi connectivity index (χ4v) is 4.37. The second-order valence-electron chi connectivity index (χ2n) is 7.66. The molecule has 2 aliphatic rings. The van der Waals surface area contributed by atoms with E-state index in [0.717, 1.165) is 41.5 Å².